The molecule has 3 rings (SSSR count). The third-order valence-corrected chi connectivity index (χ3v) is 8.27. The van der Waals surface area contributed by atoms with Gasteiger partial charge in [-0.2, -0.15) is 0 Å². The summed E-state index contributed by atoms with van der Waals surface area (Å²) < 4.78 is 6.27. The summed E-state index contributed by atoms with van der Waals surface area (Å²) in [6, 6.07) is 13.7. The molecule has 0 aromatic heterocycles. The maximum Gasteiger partial charge on any atom is 0.248 e. The fourth-order valence-electron chi connectivity index (χ4n) is 5.25. The summed E-state index contributed by atoms with van der Waals surface area (Å²) in [7, 11) is 1.00. The summed E-state index contributed by atoms with van der Waals surface area (Å²) in [5.74, 6) is 2.64. The molecule has 1 amide bonds. The van der Waals surface area contributed by atoms with E-state index in [0.717, 1.165) is 68.1 Å². The molecule has 8 heteroatoms. The molecule has 0 fully saturated rings. The van der Waals surface area contributed by atoms with Gasteiger partial charge in [0.15, 0.2) is 0 Å². The molecule has 1 aliphatic heterocycles. The van der Waals surface area contributed by atoms with Crippen LogP contribution in [0.1, 0.15) is 94.5 Å². The summed E-state index contributed by atoms with van der Waals surface area (Å²) >= 11 is 7.61. The number of aliphatic hydroxyl groups excluding tert-OH is 1. The summed E-state index contributed by atoms with van der Waals surface area (Å²) in [6.45, 7) is 8.88. The Labute approximate surface area is 258 Å². The SMILES string of the molecule is CC.CC[C@@H](CCCCCCSN)CCN1CC(CCCc2cccc(Cl)c2)COc2ccc(C(N)=O)cc21.CO. The molecule has 5 N–H and O–H groups in total. The van der Waals surface area contributed by atoms with Gasteiger partial charge in [0.25, 0.3) is 0 Å². The maximum atomic E-state index is 11.9. The number of rotatable bonds is 16. The molecule has 41 heavy (non-hydrogen) atoms. The molecule has 1 heterocycles. The molecule has 0 radical (unpaired) electrons. The highest BCUT2D eigenvalue weighted by Crippen LogP contribution is 2.35. The molecule has 232 valence electrons. The van der Waals surface area contributed by atoms with Gasteiger partial charge in [-0.3, -0.25) is 9.93 Å². The van der Waals surface area contributed by atoms with Crippen LogP contribution in [0.4, 0.5) is 5.69 Å². The lowest BCUT2D eigenvalue weighted by Gasteiger charge is -2.28. The molecule has 0 bridgehead atoms. The molecule has 2 aromatic carbocycles. The number of aliphatic hydroxyl groups is 1. The van der Waals surface area contributed by atoms with Crippen LogP contribution in [0.2, 0.25) is 5.02 Å². The van der Waals surface area contributed by atoms with Crippen LogP contribution in [0.25, 0.3) is 0 Å². The van der Waals surface area contributed by atoms with E-state index in [-0.39, 0.29) is 0 Å². The number of unbranched alkanes of at least 4 members (excludes halogenated alkanes) is 3. The number of fused-ring (bicyclic) bond motifs is 1. The average molecular weight is 608 g/mol. The van der Waals surface area contributed by atoms with Crippen molar-refractivity contribution in [2.75, 3.05) is 37.5 Å². The number of ether oxygens (including phenoxy) is 1. The molecule has 2 atom stereocenters. The smallest absolute Gasteiger partial charge is 0.248 e. The minimum Gasteiger partial charge on any atom is -0.491 e. The third-order valence-electron chi connectivity index (χ3n) is 7.51. The molecule has 1 unspecified atom stereocenters. The van der Waals surface area contributed by atoms with E-state index in [2.05, 4.69) is 24.0 Å². The number of halogens is 1. The van der Waals surface area contributed by atoms with Crippen LogP contribution in [0.5, 0.6) is 5.75 Å². The van der Waals surface area contributed by atoms with Crippen LogP contribution in [0, 0.1) is 11.8 Å². The van der Waals surface area contributed by atoms with Crippen molar-refractivity contribution in [1.82, 2.24) is 0 Å². The molecule has 0 saturated carbocycles. The van der Waals surface area contributed by atoms with Crippen molar-refractivity contribution in [3.05, 3.63) is 58.6 Å². The zero-order valence-corrected chi connectivity index (χ0v) is 27.3. The predicted octanol–water partition coefficient (Wildman–Crippen LogP) is 7.89. The fraction of sp³-hybridized carbons (Fsp3) is 0.606. The molecule has 0 saturated heterocycles. The van der Waals surface area contributed by atoms with Crippen molar-refractivity contribution in [3.8, 4) is 5.75 Å². The number of amides is 1. The first-order valence-corrected chi connectivity index (χ1v) is 16.7. The summed E-state index contributed by atoms with van der Waals surface area (Å²) in [5.41, 5.74) is 8.43. The fourth-order valence-corrected chi connectivity index (χ4v) is 5.83. The van der Waals surface area contributed by atoms with Gasteiger partial charge in [0, 0.05) is 42.5 Å². The van der Waals surface area contributed by atoms with E-state index in [9.17, 15) is 4.79 Å². The topological polar surface area (TPSA) is 102 Å². The number of benzene rings is 2. The quantitative estimate of drug-likeness (QED) is 0.132. The lowest BCUT2D eigenvalue weighted by atomic mass is 9.94. The highest BCUT2D eigenvalue weighted by atomic mass is 35.5. The van der Waals surface area contributed by atoms with Gasteiger partial charge < -0.3 is 20.5 Å². The number of primary amides is 1. The van der Waals surface area contributed by atoms with Gasteiger partial charge in [0.2, 0.25) is 5.91 Å². The van der Waals surface area contributed by atoms with Gasteiger partial charge in [-0.25, -0.2) is 0 Å². The van der Waals surface area contributed by atoms with Gasteiger partial charge in [-0.1, -0.05) is 88.6 Å². The zero-order valence-electron chi connectivity index (χ0n) is 25.7. The maximum absolute atomic E-state index is 11.9. The Hall–Kier alpha value is -1.93. The van der Waals surface area contributed by atoms with E-state index in [0.29, 0.717) is 24.0 Å². The molecule has 2 aromatic rings. The van der Waals surface area contributed by atoms with E-state index >= 15 is 0 Å². The number of aryl methyl sites for hydroxylation is 1. The van der Waals surface area contributed by atoms with Crippen molar-refractivity contribution < 1.29 is 14.6 Å². The minimum absolute atomic E-state index is 0.399. The van der Waals surface area contributed by atoms with Crippen LogP contribution < -0.4 is 20.5 Å². The molecule has 1 aliphatic rings. The standard InChI is InChI=1S/C30H44ClN3O2S.C2H6.CH4O/c1-2-23(9-5-3-4-6-18-37-33)16-17-34-21-25(12-7-10-24-11-8-13-27(31)19-24)22-36-29-15-14-26(30(32)35)20-28(29)34;2*1-2/h8,11,13-15,19-20,23,25H,2-7,9-10,12,16-18,21-22,33H2,1H3,(H2,32,35);1-2H3;2H,1H3/t23-,25?;;/m0../s1. The van der Waals surface area contributed by atoms with E-state index in [1.54, 1.807) is 6.07 Å². The van der Waals surface area contributed by atoms with Gasteiger partial charge >= 0.3 is 0 Å². The van der Waals surface area contributed by atoms with Crippen LogP contribution in [0.3, 0.4) is 0 Å². The van der Waals surface area contributed by atoms with E-state index < -0.39 is 5.91 Å². The number of nitrogens with zero attached hydrogens (tertiary/aromatic N) is 1. The second kappa shape index (κ2) is 22.6. The van der Waals surface area contributed by atoms with Gasteiger partial charge in [-0.15, -0.1) is 0 Å². The summed E-state index contributed by atoms with van der Waals surface area (Å²) in [5, 5.41) is 13.3. The largest absolute Gasteiger partial charge is 0.491 e. The zero-order chi connectivity index (χ0) is 30.5. The molecule has 6 nitrogen and oxygen atoms in total. The second-order valence-corrected chi connectivity index (χ2v) is 11.5. The molecular weight excluding hydrogens is 554 g/mol. The lowest BCUT2D eigenvalue weighted by molar-refractivity contribution is 0.1000. The first-order valence-electron chi connectivity index (χ1n) is 15.3. The Morgan fingerprint density at radius 3 is 2.54 bits per heavy atom. The number of hydrogen-bond donors (Lipinski definition) is 3. The van der Waals surface area contributed by atoms with Crippen LogP contribution in [-0.4, -0.2) is 43.6 Å². The van der Waals surface area contributed by atoms with Gasteiger partial charge in [0.1, 0.15) is 5.75 Å². The predicted molar refractivity (Wildman–Crippen MR) is 178 cm³/mol. The average Bonchev–Trinajstić information content (AvgIpc) is 3.17. The van der Waals surface area contributed by atoms with E-state index in [1.807, 2.05) is 38.1 Å². The Morgan fingerprint density at radius 2 is 1.85 bits per heavy atom. The number of nitrogens with two attached hydrogens (primary N) is 2. The van der Waals surface area contributed by atoms with Crippen LogP contribution in [0.15, 0.2) is 42.5 Å². The van der Waals surface area contributed by atoms with E-state index in [1.165, 1.54) is 56.0 Å². The molecular formula is C33H54ClN3O3S. The van der Waals surface area contributed by atoms with E-state index in [4.69, 9.17) is 32.3 Å². The van der Waals surface area contributed by atoms with Crippen molar-refractivity contribution in [2.45, 2.75) is 85.0 Å². The Balaban J connectivity index is 0.00000201. The first kappa shape index (κ1) is 37.1. The first-order chi connectivity index (χ1) is 20.0. The Kier molecular flexibility index (Phi) is 20.5. The summed E-state index contributed by atoms with van der Waals surface area (Å²) in [6.07, 6.45) is 11.8. The third kappa shape index (κ3) is 14.2. The Morgan fingerprint density at radius 1 is 1.10 bits per heavy atom. The minimum atomic E-state index is -0.399. The second-order valence-electron chi connectivity index (χ2n) is 10.3. The highest BCUT2D eigenvalue weighted by molar-refractivity contribution is 7.97. The molecule has 0 aliphatic carbocycles. The van der Waals surface area contributed by atoms with Crippen molar-refractivity contribution in [1.29, 1.82) is 0 Å². The van der Waals surface area contributed by atoms with Crippen LogP contribution in [-0.2, 0) is 6.42 Å². The van der Waals surface area contributed by atoms with Crippen molar-refractivity contribution in [2.24, 2.45) is 22.7 Å². The Bertz CT molecular complexity index is 978. The van der Waals surface area contributed by atoms with Crippen LogP contribution >= 0.6 is 23.5 Å². The number of hydrogen-bond acceptors (Lipinski definition) is 6. The van der Waals surface area contributed by atoms with Gasteiger partial charge in [-0.05, 0) is 73.9 Å². The van der Waals surface area contributed by atoms with Crippen molar-refractivity contribution >= 4 is 35.1 Å². The summed E-state index contributed by atoms with van der Waals surface area (Å²) in [4.78, 5) is 14.4. The normalized spacial score (nSPS) is 14.8. The number of carbonyl (C=O) groups is 1. The highest BCUT2D eigenvalue weighted by Gasteiger charge is 2.24. The lowest BCUT2D eigenvalue weighted by Crippen LogP contribution is -2.32. The molecule has 0 spiro atoms. The number of carbonyl (C=O) groups excluding carboxylic acids is 1. The number of anilines is 1. The monoisotopic (exact) mass is 607 g/mol. The van der Waals surface area contributed by atoms with Crippen molar-refractivity contribution in [3.63, 3.8) is 0 Å². The van der Waals surface area contributed by atoms with Gasteiger partial charge in [0.05, 0.1) is 12.3 Å².